The Labute approximate surface area is 99.8 Å². The van der Waals surface area contributed by atoms with Crippen molar-refractivity contribution in [3.63, 3.8) is 0 Å². The maximum absolute atomic E-state index is 11.1. The van der Waals surface area contributed by atoms with E-state index in [2.05, 4.69) is 26.2 Å². The van der Waals surface area contributed by atoms with Gasteiger partial charge in [0.1, 0.15) is 0 Å². The number of esters is 2. The van der Waals surface area contributed by atoms with Crippen molar-refractivity contribution in [2.24, 2.45) is 0 Å². The molecule has 0 radical (unpaired) electrons. The van der Waals surface area contributed by atoms with Crippen LogP contribution in [0.1, 0.15) is 0 Å². The fraction of sp³-hybridized carbons (Fsp3) is 0.600. The molecule has 0 spiro atoms. The minimum atomic E-state index is -0.891. The van der Waals surface area contributed by atoms with Gasteiger partial charge in [0.05, 0.1) is 30.1 Å². The lowest BCUT2D eigenvalue weighted by Crippen LogP contribution is -2.16. The molecular weight excluding hydrogens is 240 g/mol. The van der Waals surface area contributed by atoms with Crippen LogP contribution in [0.15, 0.2) is 12.2 Å². The molecule has 0 rings (SSSR count). The summed E-state index contributed by atoms with van der Waals surface area (Å²) in [4.78, 5) is 22.2. The number of ether oxygens (including phenoxy) is 2. The Kier molecular flexibility index (Phi) is 7.83. The van der Waals surface area contributed by atoms with Gasteiger partial charge in [-0.15, -0.1) is 0 Å². The van der Waals surface area contributed by atoms with Crippen molar-refractivity contribution < 1.29 is 19.1 Å². The molecule has 0 amide bonds. The molecule has 6 heteroatoms. The summed E-state index contributed by atoms with van der Waals surface area (Å²) in [5.74, 6) is -0.945. The molecule has 0 aliphatic rings. The van der Waals surface area contributed by atoms with E-state index in [0.717, 1.165) is 12.2 Å². The third kappa shape index (κ3) is 9.66. The summed E-state index contributed by atoms with van der Waals surface area (Å²) in [6, 6.07) is 0. The number of rotatable bonds is 6. The van der Waals surface area contributed by atoms with Gasteiger partial charge in [0.2, 0.25) is 0 Å². The molecule has 16 heavy (non-hydrogen) atoms. The highest BCUT2D eigenvalue weighted by molar-refractivity contribution is 6.56. The zero-order valence-corrected chi connectivity index (χ0v) is 12.7. The summed E-state index contributed by atoms with van der Waals surface area (Å²) < 4.78 is 9.83. The van der Waals surface area contributed by atoms with Crippen molar-refractivity contribution in [1.29, 1.82) is 0 Å². The number of carbonyl (C=O) groups excluding carboxylic acids is 2. The van der Waals surface area contributed by atoms with E-state index in [4.69, 9.17) is 9.47 Å². The average Bonchev–Trinajstić information content (AvgIpc) is 2.20. The molecule has 0 atom stereocenters. The van der Waals surface area contributed by atoms with Crippen LogP contribution in [-0.4, -0.2) is 42.0 Å². The van der Waals surface area contributed by atoms with Gasteiger partial charge in [-0.2, -0.15) is 0 Å². The van der Waals surface area contributed by atoms with Gasteiger partial charge in [0.25, 0.3) is 0 Å². The van der Waals surface area contributed by atoms with E-state index in [9.17, 15) is 9.59 Å². The second kappa shape index (κ2) is 8.29. The van der Waals surface area contributed by atoms with Gasteiger partial charge in [-0.1, -0.05) is 26.2 Å². The molecule has 0 aliphatic carbocycles. The number of carbonyl (C=O) groups is 2. The molecule has 0 heterocycles. The number of hydrogen-bond donors (Lipinski definition) is 0. The quantitative estimate of drug-likeness (QED) is 0.400. The minimum Gasteiger partial charge on any atom is -0.467 e. The Bertz CT molecular complexity index is 236. The molecule has 0 saturated heterocycles. The molecule has 0 unspecified atom stereocenters. The minimum absolute atomic E-state index is 0.472. The third-order valence-corrected chi connectivity index (χ3v) is 3.14. The third-order valence-electron chi connectivity index (χ3n) is 1.47. The van der Waals surface area contributed by atoms with Crippen molar-refractivity contribution in [1.82, 2.24) is 0 Å². The first kappa shape index (κ1) is 15.1. The fourth-order valence-electron chi connectivity index (χ4n) is 0.730. The summed E-state index contributed by atoms with van der Waals surface area (Å²) in [5, 5.41) is 0. The second-order valence-corrected chi connectivity index (χ2v) is 10.6. The van der Waals surface area contributed by atoms with Gasteiger partial charge in [-0.05, 0) is 0 Å². The van der Waals surface area contributed by atoms with Crippen LogP contribution in [0.4, 0.5) is 0 Å². The summed E-state index contributed by atoms with van der Waals surface area (Å²) in [6.07, 6.45) is 3.25. The van der Waals surface area contributed by atoms with E-state index in [1.54, 1.807) is 0 Å². The van der Waals surface area contributed by atoms with E-state index in [0.29, 0.717) is 12.5 Å². The van der Waals surface area contributed by atoms with Crippen molar-refractivity contribution in [3.8, 4) is 0 Å². The first-order valence-electron chi connectivity index (χ1n) is 5.43. The molecule has 0 aromatic carbocycles. The molecule has 0 fully saturated rings. The predicted molar refractivity (Wildman–Crippen MR) is 68.8 cm³/mol. The largest absolute Gasteiger partial charge is 0.467 e. The zero-order chi connectivity index (χ0) is 12.6. The zero-order valence-electron chi connectivity index (χ0n) is 10.4. The molecule has 4 nitrogen and oxygen atoms in total. The molecule has 0 aromatic rings. The van der Waals surface area contributed by atoms with Gasteiger partial charge in [-0.3, -0.25) is 0 Å². The molecular formula is C10H20O4Si2. The lowest BCUT2D eigenvalue weighted by Gasteiger charge is -2.04. The van der Waals surface area contributed by atoms with Crippen LogP contribution in [-0.2, 0) is 19.1 Å². The van der Waals surface area contributed by atoms with Crippen molar-refractivity contribution >= 4 is 29.5 Å². The van der Waals surface area contributed by atoms with E-state index in [1.807, 2.05) is 0 Å². The van der Waals surface area contributed by atoms with Crippen LogP contribution in [0.5, 0.6) is 0 Å². The topological polar surface area (TPSA) is 52.6 Å². The molecule has 0 N–H and O–H groups in total. The van der Waals surface area contributed by atoms with Crippen LogP contribution >= 0.6 is 0 Å². The highest BCUT2D eigenvalue weighted by atomic mass is 28.3. The molecule has 0 saturated carbocycles. The SMILES string of the molecule is C[SiH](C)COC(=O)/C=C/C(=O)OC[SiH](C)C. The normalized spacial score (nSPS) is 11.1. The summed E-state index contributed by atoms with van der Waals surface area (Å²) in [5.41, 5.74) is 0. The smallest absolute Gasteiger partial charge is 0.330 e. The van der Waals surface area contributed by atoms with Crippen LogP contribution in [0.3, 0.4) is 0 Å². The standard InChI is InChI=1S/C10H20O4Si2/c1-15(2)7-13-9(11)5-6-10(12)14-8-16(3)4/h5-6,15-16H,7-8H2,1-4H3/b6-5+. The van der Waals surface area contributed by atoms with E-state index < -0.39 is 29.5 Å². The number of hydrogen-bond acceptors (Lipinski definition) is 4. The molecule has 92 valence electrons. The Morgan fingerprint density at radius 2 is 1.19 bits per heavy atom. The van der Waals surface area contributed by atoms with Gasteiger partial charge in [0, 0.05) is 12.2 Å². The Morgan fingerprint density at radius 1 is 0.875 bits per heavy atom. The molecule has 0 bridgehead atoms. The van der Waals surface area contributed by atoms with Crippen molar-refractivity contribution in [2.45, 2.75) is 26.2 Å². The average molecular weight is 260 g/mol. The van der Waals surface area contributed by atoms with Gasteiger partial charge in [-0.25, -0.2) is 9.59 Å². The maximum Gasteiger partial charge on any atom is 0.330 e. The lowest BCUT2D eigenvalue weighted by atomic mass is 10.5. The van der Waals surface area contributed by atoms with Crippen molar-refractivity contribution in [2.75, 3.05) is 12.5 Å². The summed E-state index contributed by atoms with van der Waals surface area (Å²) in [6.45, 7) is 8.33. The van der Waals surface area contributed by atoms with Crippen LogP contribution in [0.2, 0.25) is 26.2 Å². The fourth-order valence-corrected chi connectivity index (χ4v) is 1.73. The lowest BCUT2D eigenvalue weighted by molar-refractivity contribution is -0.138. The summed E-state index contributed by atoms with van der Waals surface area (Å²) >= 11 is 0. The molecule has 0 aliphatic heterocycles. The van der Waals surface area contributed by atoms with Crippen LogP contribution in [0, 0.1) is 0 Å². The second-order valence-electron chi connectivity index (χ2n) is 4.38. The Hall–Kier alpha value is -0.886. The van der Waals surface area contributed by atoms with Gasteiger partial charge < -0.3 is 9.47 Å². The first-order chi connectivity index (χ1) is 7.41. The van der Waals surface area contributed by atoms with E-state index in [1.165, 1.54) is 0 Å². The van der Waals surface area contributed by atoms with Crippen LogP contribution < -0.4 is 0 Å². The van der Waals surface area contributed by atoms with Gasteiger partial charge in [0.15, 0.2) is 0 Å². The van der Waals surface area contributed by atoms with Crippen LogP contribution in [0.25, 0.3) is 0 Å². The highest BCUT2D eigenvalue weighted by Crippen LogP contribution is 1.89. The Balaban J connectivity index is 3.80. The maximum atomic E-state index is 11.1. The predicted octanol–water partition coefficient (Wildman–Crippen LogP) is 0.681. The monoisotopic (exact) mass is 260 g/mol. The van der Waals surface area contributed by atoms with Gasteiger partial charge >= 0.3 is 11.9 Å². The highest BCUT2D eigenvalue weighted by Gasteiger charge is 2.04. The Morgan fingerprint density at radius 3 is 1.44 bits per heavy atom. The van der Waals surface area contributed by atoms with Crippen molar-refractivity contribution in [3.05, 3.63) is 12.2 Å². The summed E-state index contributed by atoms with van der Waals surface area (Å²) in [7, 11) is -1.78. The van der Waals surface area contributed by atoms with E-state index >= 15 is 0 Å². The molecule has 0 aromatic heterocycles. The van der Waals surface area contributed by atoms with E-state index in [-0.39, 0.29) is 0 Å². The first-order valence-corrected chi connectivity index (χ1v) is 11.7.